The van der Waals surface area contributed by atoms with E-state index in [1.54, 1.807) is 0 Å². The van der Waals surface area contributed by atoms with Gasteiger partial charge in [0.1, 0.15) is 0 Å². The zero-order valence-corrected chi connectivity index (χ0v) is 9.74. The number of hydrogen-bond donors (Lipinski definition) is 3. The van der Waals surface area contributed by atoms with Crippen molar-refractivity contribution in [3.63, 3.8) is 0 Å². The summed E-state index contributed by atoms with van der Waals surface area (Å²) in [6, 6.07) is 0.250. The lowest BCUT2D eigenvalue weighted by molar-refractivity contribution is -0.136. The summed E-state index contributed by atoms with van der Waals surface area (Å²) in [5, 5.41) is 12.5. The molecular weight excluding hydrogens is 204 g/mol. The second-order valence-electron chi connectivity index (χ2n) is 5.32. The Balaban J connectivity index is 1.83. The van der Waals surface area contributed by atoms with Crippen molar-refractivity contribution in [3.05, 3.63) is 0 Å². The van der Waals surface area contributed by atoms with Gasteiger partial charge in [0.15, 0.2) is 0 Å². The van der Waals surface area contributed by atoms with Crippen molar-refractivity contribution in [1.82, 2.24) is 5.32 Å². The zero-order chi connectivity index (χ0) is 11.6. The second kappa shape index (κ2) is 4.72. The second-order valence-corrected chi connectivity index (χ2v) is 5.32. The number of carbonyl (C=O) groups excluding carboxylic acids is 1. The highest BCUT2D eigenvalue weighted by molar-refractivity contribution is 5.84. The van der Waals surface area contributed by atoms with E-state index in [4.69, 9.17) is 5.73 Å². The molecule has 2 rings (SSSR count). The van der Waals surface area contributed by atoms with Gasteiger partial charge in [0, 0.05) is 12.6 Å². The molecule has 16 heavy (non-hydrogen) atoms. The molecule has 0 aromatic heterocycles. The summed E-state index contributed by atoms with van der Waals surface area (Å²) in [6.07, 6.45) is 6.23. The van der Waals surface area contributed by atoms with E-state index in [2.05, 4.69) is 5.32 Å². The summed E-state index contributed by atoms with van der Waals surface area (Å²) < 4.78 is 0. The van der Waals surface area contributed by atoms with Crippen molar-refractivity contribution in [2.75, 3.05) is 6.54 Å². The lowest BCUT2D eigenvalue weighted by atomic mass is 9.68. The standard InChI is InChI=1S/C12H22N2O2/c13-8-12(6-1-7-12)11(16)14-9-2-4-10(15)5-3-9/h9-10,15H,1-8,13H2,(H,14,16). The van der Waals surface area contributed by atoms with Crippen LogP contribution in [0.5, 0.6) is 0 Å². The Morgan fingerprint density at radius 1 is 1.31 bits per heavy atom. The Hall–Kier alpha value is -0.610. The molecule has 0 heterocycles. The molecule has 1 amide bonds. The predicted octanol–water partition coefficient (Wildman–Crippen LogP) is 0.535. The van der Waals surface area contributed by atoms with Crippen LogP contribution in [0.2, 0.25) is 0 Å². The van der Waals surface area contributed by atoms with Crippen LogP contribution >= 0.6 is 0 Å². The fourth-order valence-corrected chi connectivity index (χ4v) is 2.69. The molecule has 2 fully saturated rings. The van der Waals surface area contributed by atoms with E-state index in [9.17, 15) is 9.90 Å². The van der Waals surface area contributed by atoms with E-state index >= 15 is 0 Å². The number of aliphatic hydroxyl groups is 1. The lowest BCUT2D eigenvalue weighted by Crippen LogP contribution is -2.53. The first-order valence-electron chi connectivity index (χ1n) is 6.35. The minimum Gasteiger partial charge on any atom is -0.393 e. The van der Waals surface area contributed by atoms with E-state index in [-0.39, 0.29) is 23.5 Å². The van der Waals surface area contributed by atoms with Gasteiger partial charge in [-0.25, -0.2) is 0 Å². The van der Waals surface area contributed by atoms with E-state index in [1.807, 2.05) is 0 Å². The summed E-state index contributed by atoms with van der Waals surface area (Å²) >= 11 is 0. The van der Waals surface area contributed by atoms with Crippen LogP contribution in [0.1, 0.15) is 44.9 Å². The molecule has 0 unspecified atom stereocenters. The largest absolute Gasteiger partial charge is 0.393 e. The minimum absolute atomic E-state index is 0.141. The number of nitrogens with two attached hydrogens (primary N) is 1. The number of aliphatic hydroxyl groups excluding tert-OH is 1. The van der Waals surface area contributed by atoms with Gasteiger partial charge in [-0.05, 0) is 38.5 Å². The van der Waals surface area contributed by atoms with Crippen molar-refractivity contribution in [2.45, 2.75) is 57.1 Å². The van der Waals surface area contributed by atoms with Crippen LogP contribution in [0.4, 0.5) is 0 Å². The van der Waals surface area contributed by atoms with Crippen molar-refractivity contribution < 1.29 is 9.90 Å². The molecule has 4 nitrogen and oxygen atoms in total. The molecule has 92 valence electrons. The van der Waals surface area contributed by atoms with Crippen molar-refractivity contribution in [2.24, 2.45) is 11.1 Å². The maximum atomic E-state index is 12.1. The Labute approximate surface area is 96.6 Å². The van der Waals surface area contributed by atoms with E-state index in [1.165, 1.54) is 0 Å². The van der Waals surface area contributed by atoms with Gasteiger partial charge in [0.25, 0.3) is 0 Å². The third kappa shape index (κ3) is 2.23. The molecule has 2 aliphatic rings. The highest BCUT2D eigenvalue weighted by atomic mass is 16.3. The SMILES string of the molecule is NCC1(C(=O)NC2CCC(O)CC2)CCC1. The van der Waals surface area contributed by atoms with Crippen LogP contribution < -0.4 is 11.1 Å². The van der Waals surface area contributed by atoms with Crippen molar-refractivity contribution in [1.29, 1.82) is 0 Å². The van der Waals surface area contributed by atoms with Crippen LogP contribution in [0.25, 0.3) is 0 Å². The first-order chi connectivity index (χ1) is 7.66. The topological polar surface area (TPSA) is 75.4 Å². The number of amides is 1. The predicted molar refractivity (Wildman–Crippen MR) is 61.7 cm³/mol. The maximum Gasteiger partial charge on any atom is 0.227 e. The molecule has 0 aromatic carbocycles. The van der Waals surface area contributed by atoms with Crippen LogP contribution in [-0.2, 0) is 4.79 Å². The van der Waals surface area contributed by atoms with Crippen molar-refractivity contribution in [3.8, 4) is 0 Å². The Kier molecular flexibility index (Phi) is 3.50. The molecule has 0 radical (unpaired) electrons. The van der Waals surface area contributed by atoms with Gasteiger partial charge < -0.3 is 16.2 Å². The molecule has 4 N–H and O–H groups in total. The first-order valence-corrected chi connectivity index (χ1v) is 6.35. The summed E-state index contributed by atoms with van der Waals surface area (Å²) in [6.45, 7) is 0.466. The third-order valence-corrected chi connectivity index (χ3v) is 4.21. The molecule has 4 heteroatoms. The summed E-state index contributed by atoms with van der Waals surface area (Å²) in [7, 11) is 0. The first kappa shape index (κ1) is 11.9. The highest BCUT2D eigenvalue weighted by Gasteiger charge is 2.43. The van der Waals surface area contributed by atoms with E-state index in [0.717, 1.165) is 44.9 Å². The average Bonchev–Trinajstić information content (AvgIpc) is 2.21. The smallest absolute Gasteiger partial charge is 0.227 e. The molecule has 0 saturated heterocycles. The maximum absolute atomic E-state index is 12.1. The lowest BCUT2D eigenvalue weighted by Gasteiger charge is -2.40. The van der Waals surface area contributed by atoms with Gasteiger partial charge in [-0.15, -0.1) is 0 Å². The summed E-state index contributed by atoms with van der Waals surface area (Å²) in [4.78, 5) is 12.1. The van der Waals surface area contributed by atoms with Crippen LogP contribution in [0, 0.1) is 5.41 Å². The Morgan fingerprint density at radius 3 is 2.38 bits per heavy atom. The fraction of sp³-hybridized carbons (Fsp3) is 0.917. The number of nitrogens with one attached hydrogen (secondary N) is 1. The van der Waals surface area contributed by atoms with Gasteiger partial charge in [0.2, 0.25) is 5.91 Å². The zero-order valence-electron chi connectivity index (χ0n) is 9.74. The highest BCUT2D eigenvalue weighted by Crippen LogP contribution is 2.40. The van der Waals surface area contributed by atoms with Crippen molar-refractivity contribution >= 4 is 5.91 Å². The monoisotopic (exact) mass is 226 g/mol. The van der Waals surface area contributed by atoms with Gasteiger partial charge >= 0.3 is 0 Å². The molecule has 0 aliphatic heterocycles. The van der Waals surface area contributed by atoms with Gasteiger partial charge in [-0.3, -0.25) is 4.79 Å². The van der Waals surface area contributed by atoms with E-state index < -0.39 is 0 Å². The summed E-state index contributed by atoms with van der Waals surface area (Å²) in [5.41, 5.74) is 5.43. The van der Waals surface area contributed by atoms with Crippen LogP contribution in [0.15, 0.2) is 0 Å². The average molecular weight is 226 g/mol. The van der Waals surface area contributed by atoms with Gasteiger partial charge in [0.05, 0.1) is 11.5 Å². The molecule has 0 bridgehead atoms. The Bertz CT molecular complexity index is 250. The fourth-order valence-electron chi connectivity index (χ4n) is 2.69. The molecule has 2 aliphatic carbocycles. The Morgan fingerprint density at radius 2 is 1.94 bits per heavy atom. The van der Waals surface area contributed by atoms with Crippen LogP contribution in [-0.4, -0.2) is 29.7 Å². The molecule has 0 spiro atoms. The van der Waals surface area contributed by atoms with Gasteiger partial charge in [-0.2, -0.15) is 0 Å². The van der Waals surface area contributed by atoms with Gasteiger partial charge in [-0.1, -0.05) is 6.42 Å². The molecule has 0 aromatic rings. The number of rotatable bonds is 3. The third-order valence-electron chi connectivity index (χ3n) is 4.21. The normalized spacial score (nSPS) is 32.9. The summed E-state index contributed by atoms with van der Waals surface area (Å²) in [5.74, 6) is 0.141. The molecular formula is C12H22N2O2. The number of carbonyl (C=O) groups is 1. The quantitative estimate of drug-likeness (QED) is 0.657. The molecule has 0 atom stereocenters. The van der Waals surface area contributed by atoms with Crippen LogP contribution in [0.3, 0.4) is 0 Å². The molecule has 2 saturated carbocycles. The number of hydrogen-bond acceptors (Lipinski definition) is 3. The van der Waals surface area contributed by atoms with E-state index in [0.29, 0.717) is 6.54 Å². The minimum atomic E-state index is -0.268.